The van der Waals surface area contributed by atoms with Gasteiger partial charge in [0.1, 0.15) is 0 Å². The molecule has 0 unspecified atom stereocenters. The summed E-state index contributed by atoms with van der Waals surface area (Å²) in [6.45, 7) is 1.88. The molecule has 2 aromatic heterocycles. The van der Waals surface area contributed by atoms with Gasteiger partial charge in [-0.3, -0.25) is 4.68 Å². The second-order valence-corrected chi connectivity index (χ2v) is 5.49. The van der Waals surface area contributed by atoms with Crippen molar-refractivity contribution in [1.29, 1.82) is 0 Å². The summed E-state index contributed by atoms with van der Waals surface area (Å²) in [5.41, 5.74) is 2.35. The van der Waals surface area contributed by atoms with Crippen molar-refractivity contribution >= 4 is 23.2 Å². The third-order valence-corrected chi connectivity index (χ3v) is 3.86. The molecule has 0 aliphatic heterocycles. The number of nitrogens with zero attached hydrogens (tertiary/aromatic N) is 4. The highest BCUT2D eigenvalue weighted by Gasteiger charge is 2.18. The van der Waals surface area contributed by atoms with Gasteiger partial charge in [-0.25, -0.2) is 0 Å². The number of aryl methyl sites for hydroxylation is 1. The van der Waals surface area contributed by atoms with E-state index in [-0.39, 0.29) is 0 Å². The summed E-state index contributed by atoms with van der Waals surface area (Å²) in [6, 6.07) is 7.52. The summed E-state index contributed by atoms with van der Waals surface area (Å²) in [5.74, 6) is 0.812. The van der Waals surface area contributed by atoms with Crippen molar-refractivity contribution in [2.24, 2.45) is 7.05 Å². The van der Waals surface area contributed by atoms with E-state index in [0.717, 1.165) is 11.3 Å². The smallest absolute Gasteiger partial charge is 0.269 e. The maximum atomic E-state index is 6.21. The van der Waals surface area contributed by atoms with Gasteiger partial charge in [0.25, 0.3) is 5.89 Å². The highest BCUT2D eigenvalue weighted by atomic mass is 35.5. The lowest BCUT2D eigenvalue weighted by Crippen LogP contribution is -1.92. The summed E-state index contributed by atoms with van der Waals surface area (Å²) >= 11 is 12.2. The maximum Gasteiger partial charge on any atom is 0.269 e. The van der Waals surface area contributed by atoms with E-state index in [1.807, 2.05) is 38.2 Å². The number of hydrogen-bond donors (Lipinski definition) is 0. The van der Waals surface area contributed by atoms with Gasteiger partial charge in [-0.05, 0) is 24.6 Å². The van der Waals surface area contributed by atoms with Crippen LogP contribution < -0.4 is 0 Å². The zero-order chi connectivity index (χ0) is 15.0. The Morgan fingerprint density at radius 1 is 1.24 bits per heavy atom. The number of rotatable bonds is 3. The van der Waals surface area contributed by atoms with Crippen LogP contribution >= 0.6 is 23.2 Å². The first kappa shape index (κ1) is 14.1. The van der Waals surface area contributed by atoms with Gasteiger partial charge >= 0.3 is 0 Å². The fourth-order valence-electron chi connectivity index (χ4n) is 1.96. The number of aromatic nitrogens is 4. The lowest BCUT2D eigenvalue weighted by molar-refractivity contribution is 0.515. The molecule has 108 valence electrons. The molecule has 1 aromatic carbocycles. The molecular formula is C14H12Cl2N4O. The van der Waals surface area contributed by atoms with Crippen molar-refractivity contribution in [2.75, 3.05) is 0 Å². The largest absolute Gasteiger partial charge is 0.419 e. The molecule has 0 spiro atoms. The van der Waals surface area contributed by atoms with Crippen LogP contribution in [0.25, 0.3) is 11.6 Å². The van der Waals surface area contributed by atoms with Crippen molar-refractivity contribution in [2.45, 2.75) is 13.3 Å². The minimum Gasteiger partial charge on any atom is -0.419 e. The Bertz CT molecular complexity index is 794. The summed E-state index contributed by atoms with van der Waals surface area (Å²) in [7, 11) is 1.81. The van der Waals surface area contributed by atoms with Gasteiger partial charge in [0.05, 0.1) is 17.1 Å². The standard InChI is InChI=1S/C14H12Cl2N4O/c1-8-12(16)13(19-20(8)2)14-18-17-11(21-14)7-9-4-3-5-10(15)6-9/h3-6H,7H2,1-2H3. The molecule has 0 fully saturated rings. The topological polar surface area (TPSA) is 56.7 Å². The molecule has 0 radical (unpaired) electrons. The van der Waals surface area contributed by atoms with Crippen LogP contribution in [0.1, 0.15) is 17.1 Å². The second kappa shape index (κ2) is 5.50. The van der Waals surface area contributed by atoms with E-state index < -0.39 is 0 Å². The number of hydrogen-bond acceptors (Lipinski definition) is 4. The van der Waals surface area contributed by atoms with Crippen LogP contribution in [-0.4, -0.2) is 20.0 Å². The zero-order valence-electron chi connectivity index (χ0n) is 11.5. The Kier molecular flexibility index (Phi) is 3.69. The summed E-state index contributed by atoms with van der Waals surface area (Å²) in [6.07, 6.45) is 0.511. The van der Waals surface area contributed by atoms with E-state index in [2.05, 4.69) is 15.3 Å². The van der Waals surface area contributed by atoms with Gasteiger partial charge in [0, 0.05) is 12.1 Å². The number of halogens is 2. The van der Waals surface area contributed by atoms with Gasteiger partial charge in [0.2, 0.25) is 5.89 Å². The monoisotopic (exact) mass is 322 g/mol. The van der Waals surface area contributed by atoms with Crippen LogP contribution in [0.3, 0.4) is 0 Å². The summed E-state index contributed by atoms with van der Waals surface area (Å²) < 4.78 is 7.32. The van der Waals surface area contributed by atoms with Gasteiger partial charge < -0.3 is 4.42 Å². The molecule has 0 saturated carbocycles. The normalized spacial score (nSPS) is 11.0. The van der Waals surface area contributed by atoms with Crippen molar-refractivity contribution in [1.82, 2.24) is 20.0 Å². The Balaban J connectivity index is 1.88. The lowest BCUT2D eigenvalue weighted by atomic mass is 10.1. The van der Waals surface area contributed by atoms with E-state index in [0.29, 0.717) is 33.9 Å². The van der Waals surface area contributed by atoms with Crippen LogP contribution in [-0.2, 0) is 13.5 Å². The van der Waals surface area contributed by atoms with E-state index in [9.17, 15) is 0 Å². The minimum absolute atomic E-state index is 0.320. The van der Waals surface area contributed by atoms with Crippen LogP contribution in [0, 0.1) is 6.92 Å². The lowest BCUT2D eigenvalue weighted by Gasteiger charge is -1.97. The first-order valence-electron chi connectivity index (χ1n) is 6.31. The SMILES string of the molecule is Cc1c(Cl)c(-c2nnc(Cc3cccc(Cl)c3)o2)nn1C. The second-order valence-electron chi connectivity index (χ2n) is 4.68. The van der Waals surface area contributed by atoms with Crippen LogP contribution in [0.15, 0.2) is 28.7 Å². The van der Waals surface area contributed by atoms with Gasteiger partial charge in [0.15, 0.2) is 5.69 Å². The maximum absolute atomic E-state index is 6.21. The predicted molar refractivity (Wildman–Crippen MR) is 80.5 cm³/mol. The fraction of sp³-hybridized carbons (Fsp3) is 0.214. The van der Waals surface area contributed by atoms with Crippen molar-refractivity contribution in [3.63, 3.8) is 0 Å². The zero-order valence-corrected chi connectivity index (χ0v) is 13.0. The Morgan fingerprint density at radius 2 is 2.05 bits per heavy atom. The average molecular weight is 323 g/mol. The van der Waals surface area contributed by atoms with Gasteiger partial charge in [-0.2, -0.15) is 5.10 Å². The minimum atomic E-state index is 0.320. The van der Waals surface area contributed by atoms with Crippen molar-refractivity contribution in [3.05, 3.63) is 51.5 Å². The van der Waals surface area contributed by atoms with Crippen LogP contribution in [0.5, 0.6) is 0 Å². The average Bonchev–Trinajstić information content (AvgIpc) is 2.99. The Labute approximate surface area is 131 Å². The molecule has 2 heterocycles. The molecule has 0 aliphatic rings. The quantitative estimate of drug-likeness (QED) is 0.738. The molecule has 7 heteroatoms. The molecule has 0 aliphatic carbocycles. The molecule has 21 heavy (non-hydrogen) atoms. The van der Waals surface area contributed by atoms with E-state index in [1.54, 1.807) is 4.68 Å². The molecule has 0 N–H and O–H groups in total. The van der Waals surface area contributed by atoms with Crippen LogP contribution in [0.4, 0.5) is 0 Å². The summed E-state index contributed by atoms with van der Waals surface area (Å²) in [5, 5.41) is 13.5. The fourth-order valence-corrected chi connectivity index (χ4v) is 2.42. The van der Waals surface area contributed by atoms with E-state index in [4.69, 9.17) is 27.6 Å². The molecule has 0 bridgehead atoms. The Hall–Kier alpha value is -1.85. The molecule has 3 aromatic rings. The molecule has 3 rings (SSSR count). The first-order chi connectivity index (χ1) is 10.0. The van der Waals surface area contributed by atoms with Crippen molar-refractivity contribution < 1.29 is 4.42 Å². The van der Waals surface area contributed by atoms with Crippen molar-refractivity contribution in [3.8, 4) is 11.6 Å². The highest BCUT2D eigenvalue weighted by molar-refractivity contribution is 6.33. The third kappa shape index (κ3) is 2.80. The van der Waals surface area contributed by atoms with Gasteiger partial charge in [-0.15, -0.1) is 10.2 Å². The molecular weight excluding hydrogens is 311 g/mol. The highest BCUT2D eigenvalue weighted by Crippen LogP contribution is 2.28. The molecule has 0 saturated heterocycles. The third-order valence-electron chi connectivity index (χ3n) is 3.17. The molecule has 5 nitrogen and oxygen atoms in total. The van der Waals surface area contributed by atoms with E-state index in [1.165, 1.54) is 0 Å². The summed E-state index contributed by atoms with van der Waals surface area (Å²) in [4.78, 5) is 0. The predicted octanol–water partition coefficient (Wildman–Crippen LogP) is 3.68. The molecule has 0 atom stereocenters. The Morgan fingerprint density at radius 3 is 2.71 bits per heavy atom. The van der Waals surface area contributed by atoms with Crippen LogP contribution in [0.2, 0.25) is 10.0 Å². The van der Waals surface area contributed by atoms with E-state index >= 15 is 0 Å². The first-order valence-corrected chi connectivity index (χ1v) is 7.06. The van der Waals surface area contributed by atoms with Gasteiger partial charge in [-0.1, -0.05) is 35.3 Å². The number of benzene rings is 1. The molecule has 0 amide bonds.